The summed E-state index contributed by atoms with van der Waals surface area (Å²) < 4.78 is 16.1. The molecule has 0 spiro atoms. The number of hydrogen-bond donors (Lipinski definition) is 0. The molecule has 12 rings (SSSR count). The number of benzene rings is 9. The average Bonchev–Trinajstić information content (AvgIpc) is 4.03. The smallest absolute Gasteiger partial charge is 0.144 e. The Kier molecular flexibility index (Phi) is 9.17. The molecule has 0 aliphatic heterocycles. The van der Waals surface area contributed by atoms with E-state index in [4.69, 9.17) is 13.8 Å². The number of fused-ring (bicyclic) bond motifs is 11. The van der Waals surface area contributed by atoms with Crippen LogP contribution in [0.1, 0.15) is 57.2 Å². The van der Waals surface area contributed by atoms with Gasteiger partial charge in [0.25, 0.3) is 0 Å². The van der Waals surface area contributed by atoms with Crippen molar-refractivity contribution >= 4 is 104 Å². The Balaban J connectivity index is 1.18. The van der Waals surface area contributed by atoms with Crippen LogP contribution in [-0.4, -0.2) is 10.3 Å². The molecule has 12 aromatic rings. The van der Waals surface area contributed by atoms with Crippen molar-refractivity contribution in [1.29, 1.82) is 0 Å². The highest BCUT2D eigenvalue weighted by Crippen LogP contribution is 2.43. The second-order valence-corrected chi connectivity index (χ2v) is 17.2. The molecule has 0 amide bonds. The zero-order chi connectivity index (χ0) is 43.8. The molecule has 3 heterocycles. The lowest BCUT2D eigenvalue weighted by atomic mass is 9.89. The van der Waals surface area contributed by atoms with Gasteiger partial charge in [0, 0.05) is 54.7 Å². The van der Waals surface area contributed by atoms with Crippen molar-refractivity contribution in [2.75, 3.05) is 0 Å². The number of allylic oxidation sites excluding steroid dienone is 3. The molecule has 0 radical (unpaired) electrons. The van der Waals surface area contributed by atoms with Gasteiger partial charge in [-0.2, -0.15) is 0 Å². The summed E-state index contributed by atoms with van der Waals surface area (Å²) in [6.45, 7) is 8.94. The lowest BCUT2D eigenvalue weighted by molar-refractivity contribution is 0.667. The van der Waals surface area contributed by atoms with Crippen molar-refractivity contribution in [3.63, 3.8) is 0 Å². The first-order valence-electron chi connectivity index (χ1n) is 22.7. The minimum atomic E-state index is 0.748. The largest absolute Gasteiger partial charge is 0.455 e. The Bertz CT molecular complexity index is 3990. The summed E-state index contributed by atoms with van der Waals surface area (Å²) in [4.78, 5) is 6.02. The van der Waals surface area contributed by atoms with E-state index in [2.05, 4.69) is 208 Å². The van der Waals surface area contributed by atoms with Gasteiger partial charge in [0.1, 0.15) is 22.3 Å². The molecule has 0 saturated heterocycles. The number of hydrogen-bond acceptors (Lipinski definition) is 3. The Morgan fingerprint density at radius 2 is 1.02 bits per heavy atom. The van der Waals surface area contributed by atoms with Gasteiger partial charge >= 0.3 is 0 Å². The Morgan fingerprint density at radius 1 is 0.446 bits per heavy atom. The highest BCUT2D eigenvalue weighted by Gasteiger charge is 2.24. The number of aromatic nitrogens is 1. The molecule has 0 fully saturated rings. The fourth-order valence-electron chi connectivity index (χ4n) is 10.3. The minimum Gasteiger partial charge on any atom is -0.455 e. The van der Waals surface area contributed by atoms with Gasteiger partial charge in [-0.15, -0.1) is 0 Å². The maximum Gasteiger partial charge on any atom is 0.144 e. The molecule has 3 aromatic heterocycles. The molecular weight excluding hydrogens is 793 g/mol. The van der Waals surface area contributed by atoms with E-state index in [1.54, 1.807) is 0 Å². The number of para-hydroxylation sites is 4. The van der Waals surface area contributed by atoms with Crippen LogP contribution >= 0.6 is 0 Å². The highest BCUT2D eigenvalue weighted by atomic mass is 16.3. The number of rotatable bonds is 8. The first-order chi connectivity index (χ1) is 32.0. The number of furan rings is 2. The molecule has 9 aromatic carbocycles. The van der Waals surface area contributed by atoms with E-state index in [0.29, 0.717) is 0 Å². The fourth-order valence-corrected chi connectivity index (χ4v) is 10.3. The normalized spacial score (nSPS) is 13.3. The van der Waals surface area contributed by atoms with E-state index in [9.17, 15) is 0 Å². The first kappa shape index (κ1) is 38.7. The molecule has 0 N–H and O–H groups in total. The van der Waals surface area contributed by atoms with E-state index >= 15 is 0 Å². The van der Waals surface area contributed by atoms with Gasteiger partial charge in [-0.05, 0) is 107 Å². The summed E-state index contributed by atoms with van der Waals surface area (Å²) in [5.41, 5.74) is 15.3. The summed E-state index contributed by atoms with van der Waals surface area (Å²) in [6, 6.07) is 65.2. The molecule has 0 unspecified atom stereocenters. The van der Waals surface area contributed by atoms with Gasteiger partial charge in [0.05, 0.1) is 22.4 Å². The summed E-state index contributed by atoms with van der Waals surface area (Å²) in [5, 5.41) is 11.6. The fraction of sp³-hybridized carbons (Fsp3) is 0.0984. The van der Waals surface area contributed by atoms with Crippen LogP contribution in [0.5, 0.6) is 0 Å². The minimum absolute atomic E-state index is 0.748. The predicted molar refractivity (Wildman–Crippen MR) is 276 cm³/mol. The maximum atomic E-state index is 6.97. The first-order valence-corrected chi connectivity index (χ1v) is 22.7. The van der Waals surface area contributed by atoms with Crippen molar-refractivity contribution in [3.05, 3.63) is 210 Å². The Hall–Kier alpha value is -7.95. The Labute approximate surface area is 377 Å². The molecule has 0 saturated carbocycles. The quantitative estimate of drug-likeness (QED) is 0.143. The summed E-state index contributed by atoms with van der Waals surface area (Å²) in [5.74, 6) is 0. The number of nitrogens with zero attached hydrogens (tertiary/aromatic N) is 2. The van der Waals surface area contributed by atoms with Gasteiger partial charge in [-0.1, -0.05) is 153 Å². The monoisotopic (exact) mass is 838 g/mol. The maximum absolute atomic E-state index is 6.97. The van der Waals surface area contributed by atoms with E-state index in [1.807, 2.05) is 6.07 Å². The lowest BCUT2D eigenvalue weighted by Gasteiger charge is -2.19. The topological polar surface area (TPSA) is 43.6 Å². The lowest BCUT2D eigenvalue weighted by Crippen LogP contribution is -2.09. The molecule has 65 heavy (non-hydrogen) atoms. The van der Waals surface area contributed by atoms with Crippen LogP contribution in [0.25, 0.3) is 104 Å². The van der Waals surface area contributed by atoms with Crippen molar-refractivity contribution in [3.8, 4) is 5.69 Å². The van der Waals surface area contributed by atoms with E-state index < -0.39 is 0 Å². The molecule has 4 nitrogen and oxygen atoms in total. The predicted octanol–water partition coefficient (Wildman–Crippen LogP) is 17.4. The highest BCUT2D eigenvalue weighted by molar-refractivity contribution is 6.24. The molecule has 0 bridgehead atoms. The second kappa shape index (κ2) is 15.4. The van der Waals surface area contributed by atoms with Crippen LogP contribution in [0.15, 0.2) is 207 Å². The molecule has 4 heteroatoms. The van der Waals surface area contributed by atoms with Crippen molar-refractivity contribution in [1.82, 2.24) is 4.57 Å². The third-order valence-corrected chi connectivity index (χ3v) is 13.6. The van der Waals surface area contributed by atoms with Crippen LogP contribution in [-0.2, 0) is 0 Å². The molecular formula is C61H46N2O2. The van der Waals surface area contributed by atoms with Gasteiger partial charge in [-0.3, -0.25) is 0 Å². The molecule has 0 atom stereocenters. The SMILES string of the molecule is CC/C(C)=C(/N=C(/C(CC)=C(\C)c1cccc2c1oc1ccccc12)c1cccc2ccccc12)c1cc(-n2c3ccccc3c3cc4ccccc4cc32)cc2c1oc1ccccc12. The average molecular weight is 839 g/mol. The summed E-state index contributed by atoms with van der Waals surface area (Å²) >= 11 is 0. The van der Waals surface area contributed by atoms with E-state index in [1.165, 1.54) is 32.5 Å². The molecule has 0 aliphatic rings. The van der Waals surface area contributed by atoms with Gasteiger partial charge in [0.2, 0.25) is 0 Å². The van der Waals surface area contributed by atoms with Gasteiger partial charge < -0.3 is 13.4 Å². The van der Waals surface area contributed by atoms with E-state index in [-0.39, 0.29) is 0 Å². The van der Waals surface area contributed by atoms with Crippen molar-refractivity contribution in [2.45, 2.75) is 40.5 Å². The van der Waals surface area contributed by atoms with Crippen molar-refractivity contribution in [2.24, 2.45) is 4.99 Å². The second-order valence-electron chi connectivity index (χ2n) is 17.2. The van der Waals surface area contributed by atoms with Gasteiger partial charge in [0.15, 0.2) is 0 Å². The standard InChI is InChI=1S/C61H46N2O2/c1-5-37(3)58(62-59(49-28-17-22-39-19-9-10-23-45(39)49)43(6-2)38(4)44-27-18-29-50-47-25-12-15-31-56(47)64-60(44)50)53-36-42(35-52-48-26-13-16-32-57(48)65-61(52)53)63-54-30-14-11-24-46(54)51-33-40-20-7-8-21-41(40)34-55(51)63/h7-36H,5-6H2,1-4H3/b43-38+,58-37+,62-59-. The molecule has 0 aliphatic carbocycles. The van der Waals surface area contributed by atoms with E-state index in [0.717, 1.165) is 118 Å². The van der Waals surface area contributed by atoms with Crippen molar-refractivity contribution < 1.29 is 8.83 Å². The zero-order valence-corrected chi connectivity index (χ0v) is 36.9. The van der Waals surface area contributed by atoms with Crippen LogP contribution in [0, 0.1) is 0 Å². The van der Waals surface area contributed by atoms with Gasteiger partial charge in [-0.25, -0.2) is 4.99 Å². The van der Waals surface area contributed by atoms with Crippen LogP contribution in [0.2, 0.25) is 0 Å². The zero-order valence-electron chi connectivity index (χ0n) is 36.9. The third-order valence-electron chi connectivity index (χ3n) is 13.6. The third kappa shape index (κ3) is 6.16. The van der Waals surface area contributed by atoms with Crippen LogP contribution < -0.4 is 0 Å². The number of aliphatic imine (C=N–C) groups is 1. The Morgan fingerprint density at radius 3 is 1.75 bits per heavy atom. The summed E-state index contributed by atoms with van der Waals surface area (Å²) in [7, 11) is 0. The van der Waals surface area contributed by atoms with Crippen LogP contribution in [0.4, 0.5) is 0 Å². The summed E-state index contributed by atoms with van der Waals surface area (Å²) in [6.07, 6.45) is 1.55. The molecule has 312 valence electrons. The van der Waals surface area contributed by atoms with Crippen LogP contribution in [0.3, 0.4) is 0 Å².